The molecule has 7 nitrogen and oxygen atoms in total. The van der Waals surface area contributed by atoms with Crippen LogP contribution in [0.2, 0.25) is 0 Å². The third-order valence-corrected chi connectivity index (χ3v) is 7.35. The van der Waals surface area contributed by atoms with Gasteiger partial charge in [0, 0.05) is 49.2 Å². The number of ether oxygens (including phenoxy) is 1. The normalized spacial score (nSPS) is 19.8. The molecule has 1 fully saturated rings. The first-order chi connectivity index (χ1) is 17.2. The van der Waals surface area contributed by atoms with Crippen LogP contribution in [-0.4, -0.2) is 57.6 Å². The number of piperidine rings is 1. The number of aliphatic imine (C=N–C) groups is 1. The molecular formula is C28H29N5O2. The van der Waals surface area contributed by atoms with Crippen molar-refractivity contribution in [1.29, 1.82) is 0 Å². The van der Waals surface area contributed by atoms with Gasteiger partial charge in [-0.25, -0.2) is 9.97 Å². The molecule has 2 aromatic carbocycles. The maximum Gasteiger partial charge on any atom is 0.316 e. The molecule has 0 N–H and O–H groups in total. The fraction of sp³-hybridized carbons (Fsp3) is 0.357. The molecule has 35 heavy (non-hydrogen) atoms. The number of hydrogen-bond donors (Lipinski definition) is 0. The fourth-order valence-electron chi connectivity index (χ4n) is 5.58. The fourth-order valence-corrected chi connectivity index (χ4v) is 5.58. The predicted molar refractivity (Wildman–Crippen MR) is 133 cm³/mol. The SMILES string of the molecule is COc1ncc(C2=NCc3cc4c(cc32)CN([C@H]2CCCN(Cc3ccccc3)C2)C(=O)C4)cn1. The molecule has 0 aliphatic carbocycles. The molecule has 1 saturated heterocycles. The zero-order valence-electron chi connectivity index (χ0n) is 20.0. The van der Waals surface area contributed by atoms with Gasteiger partial charge in [0.25, 0.3) is 0 Å². The Morgan fingerprint density at radius 3 is 2.69 bits per heavy atom. The third kappa shape index (κ3) is 4.32. The van der Waals surface area contributed by atoms with Gasteiger partial charge in [-0.05, 0) is 47.7 Å². The van der Waals surface area contributed by atoms with Crippen LogP contribution in [0, 0.1) is 0 Å². The van der Waals surface area contributed by atoms with E-state index in [1.807, 2.05) is 0 Å². The van der Waals surface area contributed by atoms with E-state index in [9.17, 15) is 4.79 Å². The maximum absolute atomic E-state index is 13.2. The number of likely N-dealkylation sites (tertiary alicyclic amines) is 1. The first kappa shape index (κ1) is 21.9. The Balaban J connectivity index is 1.21. The number of fused-ring (bicyclic) bond motifs is 2. The van der Waals surface area contributed by atoms with Gasteiger partial charge in [-0.15, -0.1) is 0 Å². The topological polar surface area (TPSA) is 70.9 Å². The second-order valence-electron chi connectivity index (χ2n) is 9.62. The third-order valence-electron chi connectivity index (χ3n) is 7.35. The molecule has 6 rings (SSSR count). The smallest absolute Gasteiger partial charge is 0.316 e. The number of benzene rings is 2. The average Bonchev–Trinajstić information content (AvgIpc) is 3.30. The number of hydrogen-bond acceptors (Lipinski definition) is 6. The number of carbonyl (C=O) groups is 1. The first-order valence-corrected chi connectivity index (χ1v) is 12.3. The highest BCUT2D eigenvalue weighted by molar-refractivity contribution is 6.15. The van der Waals surface area contributed by atoms with E-state index in [1.54, 1.807) is 19.5 Å². The van der Waals surface area contributed by atoms with Crippen LogP contribution in [0.15, 0.2) is 59.9 Å². The molecule has 1 amide bonds. The molecule has 0 unspecified atom stereocenters. The van der Waals surface area contributed by atoms with Crippen molar-refractivity contribution in [3.63, 3.8) is 0 Å². The molecule has 3 aliphatic rings. The van der Waals surface area contributed by atoms with E-state index in [-0.39, 0.29) is 11.9 Å². The molecule has 3 aliphatic heterocycles. The van der Waals surface area contributed by atoms with Gasteiger partial charge >= 0.3 is 6.01 Å². The van der Waals surface area contributed by atoms with Crippen molar-refractivity contribution in [1.82, 2.24) is 19.8 Å². The molecule has 1 atom stereocenters. The number of carbonyl (C=O) groups excluding carboxylic acids is 1. The molecule has 0 bridgehead atoms. The van der Waals surface area contributed by atoms with Crippen molar-refractivity contribution in [2.45, 2.75) is 44.9 Å². The highest BCUT2D eigenvalue weighted by Gasteiger charge is 2.33. The van der Waals surface area contributed by atoms with Crippen molar-refractivity contribution in [2.75, 3.05) is 20.2 Å². The Morgan fingerprint density at radius 2 is 1.89 bits per heavy atom. The van der Waals surface area contributed by atoms with Crippen molar-refractivity contribution in [2.24, 2.45) is 4.99 Å². The van der Waals surface area contributed by atoms with Crippen LogP contribution in [0.25, 0.3) is 0 Å². The minimum Gasteiger partial charge on any atom is -0.467 e. The summed E-state index contributed by atoms with van der Waals surface area (Å²) in [4.78, 5) is 31.1. The molecule has 4 heterocycles. The van der Waals surface area contributed by atoms with Crippen LogP contribution in [0.5, 0.6) is 6.01 Å². The summed E-state index contributed by atoms with van der Waals surface area (Å²) in [5, 5.41) is 0. The van der Waals surface area contributed by atoms with Crippen molar-refractivity contribution >= 4 is 11.6 Å². The van der Waals surface area contributed by atoms with Gasteiger partial charge in [0.1, 0.15) is 0 Å². The van der Waals surface area contributed by atoms with Gasteiger partial charge in [-0.2, -0.15) is 0 Å². The Morgan fingerprint density at radius 1 is 1.06 bits per heavy atom. The van der Waals surface area contributed by atoms with E-state index in [2.05, 4.69) is 62.2 Å². The number of rotatable bonds is 5. The Labute approximate surface area is 205 Å². The van der Waals surface area contributed by atoms with Crippen molar-refractivity contribution in [3.8, 4) is 6.01 Å². The summed E-state index contributed by atoms with van der Waals surface area (Å²) in [6.45, 7) is 4.24. The van der Waals surface area contributed by atoms with Gasteiger partial charge < -0.3 is 9.64 Å². The van der Waals surface area contributed by atoms with Crippen LogP contribution in [0.1, 0.15) is 46.2 Å². The van der Waals surface area contributed by atoms with Gasteiger partial charge in [0.2, 0.25) is 5.91 Å². The van der Waals surface area contributed by atoms with E-state index >= 15 is 0 Å². The Hall–Kier alpha value is -3.58. The number of amides is 1. The van der Waals surface area contributed by atoms with Gasteiger partial charge in [-0.1, -0.05) is 36.4 Å². The lowest BCUT2D eigenvalue weighted by Gasteiger charge is -2.41. The summed E-state index contributed by atoms with van der Waals surface area (Å²) in [6, 6.07) is 15.6. The lowest BCUT2D eigenvalue weighted by atomic mass is 9.90. The molecule has 0 saturated carbocycles. The predicted octanol–water partition coefficient (Wildman–Crippen LogP) is 3.39. The number of nitrogens with zero attached hydrogens (tertiary/aromatic N) is 5. The van der Waals surface area contributed by atoms with E-state index in [4.69, 9.17) is 9.73 Å². The summed E-state index contributed by atoms with van der Waals surface area (Å²) < 4.78 is 5.09. The first-order valence-electron chi connectivity index (χ1n) is 12.3. The maximum atomic E-state index is 13.2. The minimum absolute atomic E-state index is 0.242. The number of aromatic nitrogens is 2. The van der Waals surface area contributed by atoms with Crippen LogP contribution in [0.4, 0.5) is 0 Å². The largest absolute Gasteiger partial charge is 0.467 e. The summed E-state index contributed by atoms with van der Waals surface area (Å²) in [7, 11) is 1.56. The lowest BCUT2D eigenvalue weighted by molar-refractivity contribution is -0.135. The molecule has 7 heteroatoms. The minimum atomic E-state index is 0.242. The van der Waals surface area contributed by atoms with E-state index in [0.717, 1.165) is 54.9 Å². The highest BCUT2D eigenvalue weighted by Crippen LogP contribution is 2.32. The molecule has 3 aromatic rings. The van der Waals surface area contributed by atoms with Crippen LogP contribution >= 0.6 is 0 Å². The van der Waals surface area contributed by atoms with Crippen LogP contribution < -0.4 is 4.74 Å². The highest BCUT2D eigenvalue weighted by atomic mass is 16.5. The second kappa shape index (κ2) is 9.23. The van der Waals surface area contributed by atoms with Gasteiger partial charge in [0.05, 0.1) is 25.8 Å². The zero-order valence-corrected chi connectivity index (χ0v) is 20.0. The monoisotopic (exact) mass is 467 g/mol. The van der Waals surface area contributed by atoms with E-state index in [1.165, 1.54) is 16.7 Å². The molecule has 178 valence electrons. The average molecular weight is 468 g/mol. The summed E-state index contributed by atoms with van der Waals surface area (Å²) in [5.41, 5.74) is 7.80. The second-order valence-corrected chi connectivity index (χ2v) is 9.62. The standard InChI is InChI=1S/C28H29N5O2/c1-35-28-30-14-23(15-31-28)27-25-11-22-17-33(26(34)12-20(22)10-21(25)13-29-27)24-8-5-9-32(18-24)16-19-6-3-2-4-7-19/h2-4,6-7,10-11,14-15,24H,5,8-9,12-13,16-18H2,1H3/t24-/m0/s1. The zero-order chi connectivity index (χ0) is 23.8. The number of methoxy groups -OCH3 is 1. The van der Waals surface area contributed by atoms with Gasteiger partial charge in [0.15, 0.2) is 0 Å². The molecule has 0 spiro atoms. The Bertz CT molecular complexity index is 1270. The lowest BCUT2D eigenvalue weighted by Crippen LogP contribution is -2.51. The summed E-state index contributed by atoms with van der Waals surface area (Å²) in [5.74, 6) is 0.242. The van der Waals surface area contributed by atoms with Crippen molar-refractivity contribution in [3.05, 3.63) is 88.2 Å². The van der Waals surface area contributed by atoms with E-state index < -0.39 is 0 Å². The summed E-state index contributed by atoms with van der Waals surface area (Å²) >= 11 is 0. The van der Waals surface area contributed by atoms with Gasteiger partial charge in [-0.3, -0.25) is 14.7 Å². The van der Waals surface area contributed by atoms with Crippen LogP contribution in [0.3, 0.4) is 0 Å². The van der Waals surface area contributed by atoms with E-state index in [0.29, 0.717) is 25.5 Å². The van der Waals surface area contributed by atoms with Crippen molar-refractivity contribution < 1.29 is 9.53 Å². The van der Waals surface area contributed by atoms with Crippen LogP contribution in [-0.2, 0) is 30.8 Å². The Kier molecular flexibility index (Phi) is 5.78. The molecule has 1 aromatic heterocycles. The summed E-state index contributed by atoms with van der Waals surface area (Å²) in [6.07, 6.45) is 6.18. The molecule has 0 radical (unpaired) electrons. The molecular weight excluding hydrogens is 438 g/mol. The quantitative estimate of drug-likeness (QED) is 0.575.